The summed E-state index contributed by atoms with van der Waals surface area (Å²) in [5, 5.41) is 0. The molecule has 0 fully saturated rings. The maximum Gasteiger partial charge on any atom is 0.280 e. The molecule has 0 radical (unpaired) electrons. The van der Waals surface area contributed by atoms with E-state index in [1.54, 1.807) is 16.7 Å². The Kier molecular flexibility index (Phi) is 3.02. The second-order valence-corrected chi connectivity index (χ2v) is 4.51. The molecule has 1 aromatic carbocycles. The summed E-state index contributed by atoms with van der Waals surface area (Å²) in [5.74, 6) is 0.207. The zero-order valence-corrected chi connectivity index (χ0v) is 11.0. The van der Waals surface area contributed by atoms with E-state index in [-0.39, 0.29) is 17.3 Å². The number of nitrogens with zero attached hydrogens (tertiary/aromatic N) is 3. The van der Waals surface area contributed by atoms with Crippen molar-refractivity contribution < 1.29 is 4.39 Å². The molecular formula is C14H12FN5O. The van der Waals surface area contributed by atoms with Crippen molar-refractivity contribution >= 4 is 23.2 Å². The van der Waals surface area contributed by atoms with Gasteiger partial charge in [0.15, 0.2) is 11.2 Å². The van der Waals surface area contributed by atoms with Gasteiger partial charge >= 0.3 is 0 Å². The lowest BCUT2D eigenvalue weighted by molar-refractivity contribution is 0.626. The van der Waals surface area contributed by atoms with Gasteiger partial charge in [-0.05, 0) is 23.8 Å². The monoisotopic (exact) mass is 285 g/mol. The van der Waals surface area contributed by atoms with Crippen LogP contribution >= 0.6 is 0 Å². The number of hydrogen-bond acceptors (Lipinski definition) is 4. The van der Waals surface area contributed by atoms with Gasteiger partial charge in [0.05, 0.1) is 6.54 Å². The van der Waals surface area contributed by atoms with E-state index >= 15 is 0 Å². The summed E-state index contributed by atoms with van der Waals surface area (Å²) >= 11 is 0. The quantitative estimate of drug-likeness (QED) is 0.763. The van der Waals surface area contributed by atoms with Crippen molar-refractivity contribution in [2.75, 3.05) is 5.73 Å². The highest BCUT2D eigenvalue weighted by Gasteiger charge is 2.14. The van der Waals surface area contributed by atoms with E-state index in [1.165, 1.54) is 18.2 Å². The molecule has 0 aliphatic carbocycles. The van der Waals surface area contributed by atoms with Crippen molar-refractivity contribution in [3.05, 3.63) is 58.4 Å². The van der Waals surface area contributed by atoms with Crippen LogP contribution in [-0.4, -0.2) is 19.5 Å². The SMILES string of the molecule is C=Cc1nc2c(=O)[nH]c(N)nc2n1Cc1ccc(F)cc1. The molecule has 6 nitrogen and oxygen atoms in total. The van der Waals surface area contributed by atoms with Crippen molar-refractivity contribution in [2.24, 2.45) is 0 Å². The number of benzene rings is 1. The fourth-order valence-electron chi connectivity index (χ4n) is 2.13. The molecule has 0 aliphatic rings. The maximum absolute atomic E-state index is 13.0. The number of H-pyrrole nitrogens is 1. The van der Waals surface area contributed by atoms with Gasteiger partial charge in [-0.25, -0.2) is 9.37 Å². The van der Waals surface area contributed by atoms with Crippen LogP contribution in [0.4, 0.5) is 10.3 Å². The van der Waals surface area contributed by atoms with Crippen LogP contribution in [0.1, 0.15) is 11.4 Å². The molecule has 0 saturated carbocycles. The number of nitrogens with two attached hydrogens (primary N) is 1. The fraction of sp³-hybridized carbons (Fsp3) is 0.0714. The third-order valence-corrected chi connectivity index (χ3v) is 3.09. The van der Waals surface area contributed by atoms with E-state index in [9.17, 15) is 9.18 Å². The van der Waals surface area contributed by atoms with Gasteiger partial charge in [0.25, 0.3) is 5.56 Å². The Hall–Kier alpha value is -2.96. The van der Waals surface area contributed by atoms with Crippen LogP contribution in [0.3, 0.4) is 0 Å². The number of hydrogen-bond donors (Lipinski definition) is 2. The van der Waals surface area contributed by atoms with Crippen molar-refractivity contribution in [1.82, 2.24) is 19.5 Å². The number of nitrogens with one attached hydrogen (secondary N) is 1. The lowest BCUT2D eigenvalue weighted by Gasteiger charge is -2.06. The van der Waals surface area contributed by atoms with Gasteiger partial charge in [-0.1, -0.05) is 18.7 Å². The van der Waals surface area contributed by atoms with Crippen LogP contribution in [0, 0.1) is 5.82 Å². The highest BCUT2D eigenvalue weighted by Crippen LogP contribution is 2.15. The summed E-state index contributed by atoms with van der Waals surface area (Å²) < 4.78 is 14.7. The number of anilines is 1. The van der Waals surface area contributed by atoms with Gasteiger partial charge in [-0.2, -0.15) is 4.98 Å². The first-order valence-corrected chi connectivity index (χ1v) is 6.21. The number of rotatable bonds is 3. The predicted molar refractivity (Wildman–Crippen MR) is 78.2 cm³/mol. The lowest BCUT2D eigenvalue weighted by Crippen LogP contribution is -2.12. The molecule has 0 unspecified atom stereocenters. The molecule has 3 rings (SSSR count). The van der Waals surface area contributed by atoms with E-state index in [0.717, 1.165) is 5.56 Å². The van der Waals surface area contributed by atoms with Crippen LogP contribution in [-0.2, 0) is 6.54 Å². The van der Waals surface area contributed by atoms with Gasteiger partial charge in [0.1, 0.15) is 11.6 Å². The lowest BCUT2D eigenvalue weighted by atomic mass is 10.2. The number of imidazole rings is 1. The molecule has 0 saturated heterocycles. The Morgan fingerprint density at radius 1 is 1.33 bits per heavy atom. The summed E-state index contributed by atoms with van der Waals surface area (Å²) in [7, 11) is 0. The average molecular weight is 285 g/mol. The third-order valence-electron chi connectivity index (χ3n) is 3.09. The maximum atomic E-state index is 13.0. The van der Waals surface area contributed by atoms with E-state index in [2.05, 4.69) is 21.5 Å². The van der Waals surface area contributed by atoms with Gasteiger partial charge in [-0.15, -0.1) is 0 Å². The summed E-state index contributed by atoms with van der Waals surface area (Å²) in [6, 6.07) is 6.06. The van der Waals surface area contributed by atoms with E-state index < -0.39 is 5.56 Å². The number of nitrogen functional groups attached to an aromatic ring is 1. The smallest absolute Gasteiger partial charge is 0.280 e. The van der Waals surface area contributed by atoms with E-state index in [1.807, 2.05) is 0 Å². The second-order valence-electron chi connectivity index (χ2n) is 4.51. The van der Waals surface area contributed by atoms with Crippen LogP contribution in [0.25, 0.3) is 17.2 Å². The standard InChI is InChI=1S/C14H12FN5O/c1-2-10-17-11-12(18-14(16)19-13(11)21)20(10)7-8-3-5-9(15)6-4-8/h2-6H,1,7H2,(H3,16,18,19,21). The largest absolute Gasteiger partial charge is 0.369 e. The number of aromatic nitrogens is 4. The first-order valence-electron chi connectivity index (χ1n) is 6.21. The molecule has 3 aromatic rings. The number of aromatic amines is 1. The normalized spacial score (nSPS) is 10.9. The minimum Gasteiger partial charge on any atom is -0.369 e. The van der Waals surface area contributed by atoms with Crippen LogP contribution in [0.2, 0.25) is 0 Å². The Labute approximate surface area is 118 Å². The zero-order valence-electron chi connectivity index (χ0n) is 11.0. The molecule has 7 heteroatoms. The Morgan fingerprint density at radius 3 is 2.71 bits per heavy atom. The molecule has 0 aliphatic heterocycles. The van der Waals surface area contributed by atoms with E-state index in [0.29, 0.717) is 18.0 Å². The average Bonchev–Trinajstić information content (AvgIpc) is 2.80. The molecule has 2 aromatic heterocycles. The molecule has 21 heavy (non-hydrogen) atoms. The number of halogens is 1. The van der Waals surface area contributed by atoms with Gasteiger partial charge in [0, 0.05) is 0 Å². The van der Waals surface area contributed by atoms with Crippen molar-refractivity contribution in [2.45, 2.75) is 6.54 Å². The number of fused-ring (bicyclic) bond motifs is 1. The Bertz CT molecular complexity index is 879. The van der Waals surface area contributed by atoms with Crippen molar-refractivity contribution in [3.63, 3.8) is 0 Å². The highest BCUT2D eigenvalue weighted by molar-refractivity contribution is 5.73. The highest BCUT2D eigenvalue weighted by atomic mass is 19.1. The van der Waals surface area contributed by atoms with Crippen LogP contribution in [0.5, 0.6) is 0 Å². The molecule has 0 atom stereocenters. The summed E-state index contributed by atoms with van der Waals surface area (Å²) in [5.41, 5.74) is 6.58. The fourth-order valence-corrected chi connectivity index (χ4v) is 2.13. The van der Waals surface area contributed by atoms with Gasteiger partial charge < -0.3 is 10.3 Å². The molecular weight excluding hydrogens is 273 g/mol. The second kappa shape index (κ2) is 4.86. The van der Waals surface area contributed by atoms with Gasteiger partial charge in [-0.3, -0.25) is 9.78 Å². The Morgan fingerprint density at radius 2 is 2.05 bits per heavy atom. The van der Waals surface area contributed by atoms with Crippen LogP contribution in [0.15, 0.2) is 35.6 Å². The van der Waals surface area contributed by atoms with Crippen LogP contribution < -0.4 is 11.3 Å². The molecule has 0 bridgehead atoms. The van der Waals surface area contributed by atoms with Crippen molar-refractivity contribution in [1.29, 1.82) is 0 Å². The molecule has 3 N–H and O–H groups in total. The molecule has 0 amide bonds. The van der Waals surface area contributed by atoms with Crippen molar-refractivity contribution in [3.8, 4) is 0 Å². The molecule has 2 heterocycles. The first-order chi connectivity index (χ1) is 10.1. The third kappa shape index (κ3) is 2.29. The predicted octanol–water partition coefficient (Wildman–Crippen LogP) is 1.53. The summed E-state index contributed by atoms with van der Waals surface area (Å²) in [6.07, 6.45) is 1.53. The zero-order chi connectivity index (χ0) is 15.0. The molecule has 106 valence electrons. The first kappa shape index (κ1) is 13.0. The summed E-state index contributed by atoms with van der Waals surface area (Å²) in [6.45, 7) is 4.06. The van der Waals surface area contributed by atoms with Gasteiger partial charge in [0.2, 0.25) is 5.95 Å². The minimum absolute atomic E-state index is 0.0170. The van der Waals surface area contributed by atoms with E-state index in [4.69, 9.17) is 5.73 Å². The minimum atomic E-state index is -0.404. The topological polar surface area (TPSA) is 89.6 Å². The molecule has 0 spiro atoms. The summed E-state index contributed by atoms with van der Waals surface area (Å²) in [4.78, 5) is 22.6. The Balaban J connectivity index is 2.18.